The average molecular weight is 491 g/mol. The number of aromatic nitrogens is 4. The standard InChI is InChI=1S/C29H26N6O2/c1-2-3-18-34-29(37)25-17-11-10-16-24(25)27(33-34)28(36)31-30-19-22-20-35(23-14-8-5-9-15-23)32-26(22)21-12-6-4-7-13-21/h4-17,19-20H,2-3,18H2,1H3,(H,31,36)/b30-19+. The van der Waals surface area contributed by atoms with Crippen LogP contribution in [0.3, 0.4) is 0 Å². The van der Waals surface area contributed by atoms with E-state index in [1.165, 1.54) is 4.68 Å². The Hall–Kier alpha value is -4.85. The third-order valence-corrected chi connectivity index (χ3v) is 5.99. The summed E-state index contributed by atoms with van der Waals surface area (Å²) in [4.78, 5) is 26.0. The van der Waals surface area contributed by atoms with Crippen molar-refractivity contribution in [1.82, 2.24) is 25.0 Å². The van der Waals surface area contributed by atoms with E-state index < -0.39 is 5.91 Å². The molecule has 1 amide bonds. The topological polar surface area (TPSA) is 94.2 Å². The van der Waals surface area contributed by atoms with Gasteiger partial charge < -0.3 is 0 Å². The molecule has 0 radical (unpaired) electrons. The maximum atomic E-state index is 13.1. The molecule has 0 saturated carbocycles. The number of carbonyl (C=O) groups is 1. The molecule has 3 aromatic carbocycles. The van der Waals surface area contributed by atoms with Gasteiger partial charge in [0.15, 0.2) is 5.69 Å². The predicted molar refractivity (Wildman–Crippen MR) is 145 cm³/mol. The van der Waals surface area contributed by atoms with Crippen LogP contribution in [0.2, 0.25) is 0 Å². The summed E-state index contributed by atoms with van der Waals surface area (Å²) in [5, 5.41) is 14.3. The second-order valence-corrected chi connectivity index (χ2v) is 8.55. The Kier molecular flexibility index (Phi) is 6.98. The largest absolute Gasteiger partial charge is 0.292 e. The first-order valence-electron chi connectivity index (χ1n) is 12.2. The van der Waals surface area contributed by atoms with E-state index in [0.717, 1.165) is 35.3 Å². The summed E-state index contributed by atoms with van der Waals surface area (Å²) in [6.45, 7) is 2.49. The average Bonchev–Trinajstić information content (AvgIpc) is 3.38. The van der Waals surface area contributed by atoms with Gasteiger partial charge in [-0.15, -0.1) is 0 Å². The summed E-state index contributed by atoms with van der Waals surface area (Å²) in [6, 6.07) is 26.6. The van der Waals surface area contributed by atoms with E-state index in [1.54, 1.807) is 35.2 Å². The number of fused-ring (bicyclic) bond motifs is 1. The molecule has 0 atom stereocenters. The van der Waals surface area contributed by atoms with Crippen LogP contribution in [0.15, 0.2) is 101 Å². The number of para-hydroxylation sites is 1. The highest BCUT2D eigenvalue weighted by molar-refractivity contribution is 6.05. The third kappa shape index (κ3) is 5.08. The van der Waals surface area contributed by atoms with Gasteiger partial charge in [0.25, 0.3) is 11.5 Å². The van der Waals surface area contributed by atoms with Crippen LogP contribution in [0.25, 0.3) is 27.7 Å². The minimum atomic E-state index is -0.491. The zero-order chi connectivity index (χ0) is 25.6. The lowest BCUT2D eigenvalue weighted by Gasteiger charge is -2.09. The van der Waals surface area contributed by atoms with Crippen molar-refractivity contribution < 1.29 is 4.79 Å². The van der Waals surface area contributed by atoms with Crippen molar-refractivity contribution in [3.05, 3.63) is 113 Å². The van der Waals surface area contributed by atoms with Gasteiger partial charge >= 0.3 is 0 Å². The lowest BCUT2D eigenvalue weighted by atomic mass is 10.1. The molecule has 5 aromatic rings. The summed E-state index contributed by atoms with van der Waals surface area (Å²) in [5.74, 6) is -0.491. The number of nitrogens with zero attached hydrogens (tertiary/aromatic N) is 5. The highest BCUT2D eigenvalue weighted by atomic mass is 16.2. The van der Waals surface area contributed by atoms with E-state index in [4.69, 9.17) is 5.10 Å². The lowest BCUT2D eigenvalue weighted by molar-refractivity contribution is 0.0949. The molecule has 184 valence electrons. The third-order valence-electron chi connectivity index (χ3n) is 5.99. The minimum Gasteiger partial charge on any atom is -0.267 e. The molecule has 0 aliphatic rings. The maximum absolute atomic E-state index is 13.1. The number of hydrazone groups is 1. The number of hydrogen-bond acceptors (Lipinski definition) is 5. The van der Waals surface area contributed by atoms with Gasteiger partial charge in [-0.1, -0.05) is 80.1 Å². The molecule has 0 fully saturated rings. The van der Waals surface area contributed by atoms with Crippen LogP contribution >= 0.6 is 0 Å². The maximum Gasteiger partial charge on any atom is 0.292 e. The first kappa shape index (κ1) is 23.9. The van der Waals surface area contributed by atoms with E-state index in [0.29, 0.717) is 17.3 Å². The number of nitrogens with one attached hydrogen (secondary N) is 1. The number of rotatable bonds is 8. The Morgan fingerprint density at radius 3 is 2.32 bits per heavy atom. The van der Waals surface area contributed by atoms with Crippen molar-refractivity contribution >= 4 is 22.9 Å². The number of carbonyl (C=O) groups excluding carboxylic acids is 1. The fourth-order valence-corrected chi connectivity index (χ4v) is 4.09. The Balaban J connectivity index is 1.47. The SMILES string of the molecule is CCCCn1nc(C(=O)N/N=C/c2cn(-c3ccccc3)nc2-c2ccccc2)c2ccccc2c1=O. The number of unbranched alkanes of at least 4 members (excludes halogenated alkanes) is 1. The Labute approximate surface area is 213 Å². The molecule has 0 aliphatic heterocycles. The molecule has 8 nitrogen and oxygen atoms in total. The molecule has 0 bridgehead atoms. The zero-order valence-corrected chi connectivity index (χ0v) is 20.4. The molecule has 2 aromatic heterocycles. The number of aryl methyl sites for hydroxylation is 1. The molecule has 2 heterocycles. The zero-order valence-electron chi connectivity index (χ0n) is 20.4. The van der Waals surface area contributed by atoms with Gasteiger partial charge in [-0.25, -0.2) is 14.8 Å². The lowest BCUT2D eigenvalue weighted by Crippen LogP contribution is -2.29. The molecule has 37 heavy (non-hydrogen) atoms. The van der Waals surface area contributed by atoms with Gasteiger partial charge in [0, 0.05) is 29.3 Å². The van der Waals surface area contributed by atoms with Crippen LogP contribution in [-0.2, 0) is 6.54 Å². The molecule has 0 saturated heterocycles. The molecule has 1 N–H and O–H groups in total. The molecule has 0 unspecified atom stereocenters. The molecule has 0 spiro atoms. The first-order chi connectivity index (χ1) is 18.2. The molecular formula is C29H26N6O2. The van der Waals surface area contributed by atoms with Crippen molar-refractivity contribution in [3.8, 4) is 16.9 Å². The van der Waals surface area contributed by atoms with Crippen molar-refractivity contribution in [1.29, 1.82) is 0 Å². The van der Waals surface area contributed by atoms with Crippen LogP contribution in [0.1, 0.15) is 35.8 Å². The smallest absolute Gasteiger partial charge is 0.267 e. The van der Waals surface area contributed by atoms with E-state index in [9.17, 15) is 9.59 Å². The van der Waals surface area contributed by atoms with Gasteiger partial charge in [-0.05, 0) is 24.6 Å². The summed E-state index contributed by atoms with van der Waals surface area (Å²) in [5.41, 5.74) is 5.85. The Morgan fingerprint density at radius 1 is 0.919 bits per heavy atom. The van der Waals surface area contributed by atoms with Crippen LogP contribution in [0.5, 0.6) is 0 Å². The number of amides is 1. The van der Waals surface area contributed by atoms with Crippen molar-refractivity contribution in [2.24, 2.45) is 5.10 Å². The van der Waals surface area contributed by atoms with Crippen molar-refractivity contribution in [2.75, 3.05) is 0 Å². The normalized spacial score (nSPS) is 11.3. The Morgan fingerprint density at radius 2 is 1.59 bits per heavy atom. The van der Waals surface area contributed by atoms with Gasteiger partial charge in [-0.2, -0.15) is 15.3 Å². The van der Waals surface area contributed by atoms with Crippen LogP contribution in [-0.4, -0.2) is 31.7 Å². The van der Waals surface area contributed by atoms with Crippen molar-refractivity contribution in [3.63, 3.8) is 0 Å². The highest BCUT2D eigenvalue weighted by Gasteiger charge is 2.17. The van der Waals surface area contributed by atoms with Gasteiger partial charge in [0.05, 0.1) is 17.3 Å². The van der Waals surface area contributed by atoms with Crippen LogP contribution < -0.4 is 11.0 Å². The van der Waals surface area contributed by atoms with Crippen LogP contribution in [0.4, 0.5) is 0 Å². The minimum absolute atomic E-state index is 0.159. The van der Waals surface area contributed by atoms with Gasteiger partial charge in [0.2, 0.25) is 0 Å². The predicted octanol–water partition coefficient (Wildman–Crippen LogP) is 4.81. The quantitative estimate of drug-likeness (QED) is 0.249. The number of hydrogen-bond donors (Lipinski definition) is 1. The highest BCUT2D eigenvalue weighted by Crippen LogP contribution is 2.22. The second-order valence-electron chi connectivity index (χ2n) is 8.55. The van der Waals surface area contributed by atoms with Gasteiger partial charge in [-0.3, -0.25) is 9.59 Å². The second kappa shape index (κ2) is 10.8. The Bertz CT molecular complexity index is 1620. The van der Waals surface area contributed by atoms with E-state index >= 15 is 0 Å². The molecule has 0 aliphatic carbocycles. The summed E-state index contributed by atoms with van der Waals surface area (Å²) < 4.78 is 3.14. The first-order valence-corrected chi connectivity index (χ1v) is 12.2. The van der Waals surface area contributed by atoms with Crippen molar-refractivity contribution in [2.45, 2.75) is 26.3 Å². The number of benzene rings is 3. The molecule has 8 heteroatoms. The fraction of sp³-hybridized carbons (Fsp3) is 0.138. The summed E-state index contributed by atoms with van der Waals surface area (Å²) in [6.07, 6.45) is 5.14. The molecular weight excluding hydrogens is 464 g/mol. The monoisotopic (exact) mass is 490 g/mol. The fourth-order valence-electron chi connectivity index (χ4n) is 4.09. The van der Waals surface area contributed by atoms with Crippen LogP contribution in [0, 0.1) is 0 Å². The van der Waals surface area contributed by atoms with E-state index in [2.05, 4.69) is 15.6 Å². The molecule has 5 rings (SSSR count). The van der Waals surface area contributed by atoms with E-state index in [1.807, 2.05) is 73.8 Å². The van der Waals surface area contributed by atoms with Gasteiger partial charge in [0.1, 0.15) is 5.69 Å². The summed E-state index contributed by atoms with van der Waals surface area (Å²) in [7, 11) is 0. The van der Waals surface area contributed by atoms with E-state index in [-0.39, 0.29) is 11.3 Å². The summed E-state index contributed by atoms with van der Waals surface area (Å²) >= 11 is 0.